The molecule has 0 aromatic carbocycles. The van der Waals surface area contributed by atoms with Crippen molar-refractivity contribution in [1.82, 2.24) is 4.90 Å². The van der Waals surface area contributed by atoms with Crippen LogP contribution in [0.5, 0.6) is 0 Å². The summed E-state index contributed by atoms with van der Waals surface area (Å²) in [5.41, 5.74) is 5.69. The van der Waals surface area contributed by atoms with Crippen LogP contribution in [0.2, 0.25) is 0 Å². The van der Waals surface area contributed by atoms with Crippen LogP contribution in [-0.4, -0.2) is 50.0 Å². The Labute approximate surface area is 86.4 Å². The SMILES string of the molecule is CCC(C)(CN)N1CCS(=O)(=O)CC1. The maximum atomic E-state index is 11.2. The molecule has 1 atom stereocenters. The van der Waals surface area contributed by atoms with E-state index >= 15 is 0 Å². The lowest BCUT2D eigenvalue weighted by Gasteiger charge is -2.42. The van der Waals surface area contributed by atoms with Crippen LogP contribution in [0.25, 0.3) is 0 Å². The molecule has 1 fully saturated rings. The average Bonchev–Trinajstić information content (AvgIpc) is 2.16. The predicted molar refractivity (Wildman–Crippen MR) is 58.0 cm³/mol. The summed E-state index contributed by atoms with van der Waals surface area (Å²) in [6.07, 6.45) is 0.962. The first kappa shape index (κ1) is 11.9. The Morgan fingerprint density at radius 2 is 1.86 bits per heavy atom. The number of sulfone groups is 1. The van der Waals surface area contributed by atoms with Gasteiger partial charge in [0.15, 0.2) is 9.84 Å². The zero-order valence-electron chi connectivity index (χ0n) is 8.99. The van der Waals surface area contributed by atoms with E-state index in [1.807, 2.05) is 0 Å². The van der Waals surface area contributed by atoms with E-state index in [1.54, 1.807) is 0 Å². The van der Waals surface area contributed by atoms with Crippen LogP contribution >= 0.6 is 0 Å². The first-order valence-electron chi connectivity index (χ1n) is 5.09. The van der Waals surface area contributed by atoms with Crippen LogP contribution in [-0.2, 0) is 9.84 Å². The van der Waals surface area contributed by atoms with Crippen molar-refractivity contribution in [2.45, 2.75) is 25.8 Å². The van der Waals surface area contributed by atoms with Gasteiger partial charge in [0.2, 0.25) is 0 Å². The molecule has 1 heterocycles. The van der Waals surface area contributed by atoms with E-state index in [-0.39, 0.29) is 17.0 Å². The molecule has 1 aliphatic rings. The number of nitrogens with two attached hydrogens (primary N) is 1. The van der Waals surface area contributed by atoms with Gasteiger partial charge >= 0.3 is 0 Å². The minimum absolute atomic E-state index is 0.0318. The second kappa shape index (κ2) is 4.16. The fraction of sp³-hybridized carbons (Fsp3) is 1.00. The molecular formula is C9H20N2O2S. The van der Waals surface area contributed by atoms with Gasteiger partial charge < -0.3 is 5.73 Å². The lowest BCUT2D eigenvalue weighted by molar-refractivity contribution is 0.117. The molecule has 0 radical (unpaired) electrons. The molecule has 0 aliphatic carbocycles. The van der Waals surface area contributed by atoms with Gasteiger partial charge in [-0.3, -0.25) is 4.90 Å². The van der Waals surface area contributed by atoms with Gasteiger partial charge in [-0.1, -0.05) is 6.92 Å². The first-order chi connectivity index (χ1) is 6.43. The van der Waals surface area contributed by atoms with Crippen LogP contribution in [0.15, 0.2) is 0 Å². The summed E-state index contributed by atoms with van der Waals surface area (Å²) in [6, 6.07) is 0. The molecule has 14 heavy (non-hydrogen) atoms. The third-order valence-electron chi connectivity index (χ3n) is 3.31. The zero-order chi connectivity index (χ0) is 10.8. The highest BCUT2D eigenvalue weighted by Crippen LogP contribution is 2.20. The Morgan fingerprint density at radius 3 is 2.21 bits per heavy atom. The number of hydrogen-bond donors (Lipinski definition) is 1. The quantitative estimate of drug-likeness (QED) is 0.718. The second-order valence-electron chi connectivity index (χ2n) is 4.19. The van der Waals surface area contributed by atoms with E-state index in [0.717, 1.165) is 6.42 Å². The Bertz CT molecular complexity index is 269. The summed E-state index contributed by atoms with van der Waals surface area (Å²) >= 11 is 0. The molecule has 1 unspecified atom stereocenters. The maximum absolute atomic E-state index is 11.2. The van der Waals surface area contributed by atoms with Crippen molar-refractivity contribution in [2.24, 2.45) is 5.73 Å². The fourth-order valence-corrected chi connectivity index (χ4v) is 2.95. The molecule has 0 bridgehead atoms. The van der Waals surface area contributed by atoms with E-state index in [2.05, 4.69) is 18.7 Å². The molecule has 0 aromatic rings. The average molecular weight is 220 g/mol. The summed E-state index contributed by atoms with van der Waals surface area (Å²) < 4.78 is 22.5. The van der Waals surface area contributed by atoms with Gasteiger partial charge in [-0.05, 0) is 13.3 Å². The zero-order valence-corrected chi connectivity index (χ0v) is 9.81. The standard InChI is InChI=1S/C9H20N2O2S/c1-3-9(2,8-10)11-4-6-14(12,13)7-5-11/h3-8,10H2,1-2H3. The highest BCUT2D eigenvalue weighted by molar-refractivity contribution is 7.91. The third kappa shape index (κ3) is 2.46. The monoisotopic (exact) mass is 220 g/mol. The normalized spacial score (nSPS) is 27.1. The van der Waals surface area contributed by atoms with Crippen molar-refractivity contribution in [3.63, 3.8) is 0 Å². The molecule has 5 heteroatoms. The van der Waals surface area contributed by atoms with E-state index < -0.39 is 9.84 Å². The van der Waals surface area contributed by atoms with Crippen molar-refractivity contribution >= 4 is 9.84 Å². The Kier molecular flexibility index (Phi) is 3.55. The lowest BCUT2D eigenvalue weighted by atomic mass is 9.96. The minimum atomic E-state index is -2.77. The number of nitrogens with zero attached hydrogens (tertiary/aromatic N) is 1. The first-order valence-corrected chi connectivity index (χ1v) is 6.91. The van der Waals surface area contributed by atoms with Crippen LogP contribution in [0, 0.1) is 0 Å². The van der Waals surface area contributed by atoms with Gasteiger partial charge in [0, 0.05) is 25.2 Å². The number of rotatable bonds is 3. The van der Waals surface area contributed by atoms with E-state index in [0.29, 0.717) is 19.6 Å². The molecule has 0 saturated carbocycles. The predicted octanol–water partition coefficient (Wildman–Crippen LogP) is -0.156. The largest absolute Gasteiger partial charge is 0.329 e. The highest BCUT2D eigenvalue weighted by Gasteiger charge is 2.33. The molecular weight excluding hydrogens is 200 g/mol. The summed E-state index contributed by atoms with van der Waals surface area (Å²) in [7, 11) is -2.77. The van der Waals surface area contributed by atoms with Gasteiger partial charge in [-0.25, -0.2) is 8.42 Å². The molecule has 84 valence electrons. The molecule has 0 spiro atoms. The second-order valence-corrected chi connectivity index (χ2v) is 6.50. The molecule has 2 N–H and O–H groups in total. The third-order valence-corrected chi connectivity index (χ3v) is 4.92. The van der Waals surface area contributed by atoms with Gasteiger partial charge in [0.05, 0.1) is 11.5 Å². The summed E-state index contributed by atoms with van der Waals surface area (Å²) in [6.45, 7) is 6.04. The van der Waals surface area contributed by atoms with Crippen molar-refractivity contribution in [3.8, 4) is 0 Å². The summed E-state index contributed by atoms with van der Waals surface area (Å²) in [5.74, 6) is 0.561. The van der Waals surface area contributed by atoms with Crippen molar-refractivity contribution in [1.29, 1.82) is 0 Å². The van der Waals surface area contributed by atoms with Gasteiger partial charge in [-0.2, -0.15) is 0 Å². The number of hydrogen-bond acceptors (Lipinski definition) is 4. The van der Waals surface area contributed by atoms with E-state index in [4.69, 9.17) is 5.73 Å². The van der Waals surface area contributed by atoms with Gasteiger partial charge in [0.1, 0.15) is 0 Å². The minimum Gasteiger partial charge on any atom is -0.329 e. The highest BCUT2D eigenvalue weighted by atomic mass is 32.2. The van der Waals surface area contributed by atoms with Gasteiger partial charge in [0.25, 0.3) is 0 Å². The van der Waals surface area contributed by atoms with Crippen molar-refractivity contribution in [3.05, 3.63) is 0 Å². The molecule has 1 saturated heterocycles. The van der Waals surface area contributed by atoms with E-state index in [1.165, 1.54) is 0 Å². The Morgan fingerprint density at radius 1 is 1.36 bits per heavy atom. The molecule has 0 aromatic heterocycles. The molecule has 1 rings (SSSR count). The van der Waals surface area contributed by atoms with Crippen LogP contribution in [0.3, 0.4) is 0 Å². The Balaban J connectivity index is 2.65. The van der Waals surface area contributed by atoms with Crippen LogP contribution < -0.4 is 5.73 Å². The van der Waals surface area contributed by atoms with Crippen LogP contribution in [0.1, 0.15) is 20.3 Å². The van der Waals surface area contributed by atoms with Crippen molar-refractivity contribution in [2.75, 3.05) is 31.1 Å². The smallest absolute Gasteiger partial charge is 0.152 e. The summed E-state index contributed by atoms with van der Waals surface area (Å²) in [5, 5.41) is 0. The summed E-state index contributed by atoms with van der Waals surface area (Å²) in [4.78, 5) is 2.20. The topological polar surface area (TPSA) is 63.4 Å². The molecule has 0 amide bonds. The van der Waals surface area contributed by atoms with Gasteiger partial charge in [-0.15, -0.1) is 0 Å². The molecule has 4 nitrogen and oxygen atoms in total. The lowest BCUT2D eigenvalue weighted by Crippen LogP contribution is -2.56. The maximum Gasteiger partial charge on any atom is 0.152 e. The Hall–Kier alpha value is -0.130. The van der Waals surface area contributed by atoms with Crippen LogP contribution in [0.4, 0.5) is 0 Å². The van der Waals surface area contributed by atoms with Crippen molar-refractivity contribution < 1.29 is 8.42 Å². The molecule has 1 aliphatic heterocycles. The fourth-order valence-electron chi connectivity index (χ4n) is 1.75. The van der Waals surface area contributed by atoms with E-state index in [9.17, 15) is 8.42 Å².